The fourth-order valence-electron chi connectivity index (χ4n) is 2.46. The molecule has 0 aliphatic carbocycles. The number of nitrogens with zero attached hydrogens (tertiary/aromatic N) is 1. The van der Waals surface area contributed by atoms with Crippen molar-refractivity contribution >= 4 is 28.7 Å². The number of ether oxygens (including phenoxy) is 1. The van der Waals surface area contributed by atoms with Gasteiger partial charge in [-0.2, -0.15) is 0 Å². The number of nitrogens with one attached hydrogen (secondary N) is 2. The second-order valence-electron chi connectivity index (χ2n) is 5.29. The number of carbonyl (C=O) groups excluding carboxylic acids is 1. The van der Waals surface area contributed by atoms with E-state index in [1.165, 1.54) is 10.4 Å². The Balaban J connectivity index is 1.51. The molecule has 2 aromatic rings. The summed E-state index contributed by atoms with van der Waals surface area (Å²) in [7, 11) is 0. The Morgan fingerprint density at radius 2 is 2.45 bits per heavy atom. The molecule has 0 spiro atoms. The van der Waals surface area contributed by atoms with Crippen molar-refractivity contribution in [3.63, 3.8) is 0 Å². The van der Waals surface area contributed by atoms with Crippen LogP contribution >= 0.6 is 22.7 Å². The van der Waals surface area contributed by atoms with Crippen molar-refractivity contribution in [3.05, 3.63) is 38.0 Å². The van der Waals surface area contributed by atoms with Crippen LogP contribution in [0.2, 0.25) is 0 Å². The summed E-state index contributed by atoms with van der Waals surface area (Å²) in [6.07, 6.45) is 2.75. The summed E-state index contributed by atoms with van der Waals surface area (Å²) in [4.78, 5) is 18.8. The minimum Gasteiger partial charge on any atom is -0.371 e. The van der Waals surface area contributed by atoms with Crippen molar-refractivity contribution in [1.29, 1.82) is 0 Å². The van der Waals surface area contributed by atoms with Gasteiger partial charge in [0.05, 0.1) is 12.6 Å². The zero-order chi connectivity index (χ0) is 15.5. The van der Waals surface area contributed by atoms with E-state index in [1.807, 2.05) is 20.0 Å². The normalized spacial score (nSPS) is 18.5. The summed E-state index contributed by atoms with van der Waals surface area (Å²) in [6, 6.07) is 1.80. The van der Waals surface area contributed by atoms with Gasteiger partial charge in [0.25, 0.3) is 0 Å². The van der Waals surface area contributed by atoms with E-state index in [1.54, 1.807) is 22.7 Å². The highest BCUT2D eigenvalue weighted by atomic mass is 32.1. The number of aromatic nitrogens is 1. The Labute approximate surface area is 137 Å². The highest BCUT2D eigenvalue weighted by molar-refractivity contribution is 7.11. The molecule has 0 aromatic carbocycles. The summed E-state index contributed by atoms with van der Waals surface area (Å²) in [5.74, 6) is 0. The molecule has 2 amide bonds. The van der Waals surface area contributed by atoms with Crippen LogP contribution in [0, 0.1) is 6.92 Å². The molecule has 0 unspecified atom stereocenters. The van der Waals surface area contributed by atoms with E-state index in [0.29, 0.717) is 6.54 Å². The summed E-state index contributed by atoms with van der Waals surface area (Å²) in [5, 5.41) is 8.81. The van der Waals surface area contributed by atoms with Gasteiger partial charge in [0.2, 0.25) is 0 Å². The van der Waals surface area contributed by atoms with Gasteiger partial charge in [-0.3, -0.25) is 0 Å². The van der Waals surface area contributed by atoms with Crippen LogP contribution in [0.5, 0.6) is 0 Å². The van der Waals surface area contributed by atoms with E-state index in [2.05, 4.69) is 27.1 Å². The maximum absolute atomic E-state index is 12.0. The van der Waals surface area contributed by atoms with Crippen LogP contribution in [-0.2, 0) is 11.2 Å². The fraction of sp³-hybridized carbons (Fsp3) is 0.467. The number of hydrogen-bond donors (Lipinski definition) is 2. The average molecular weight is 337 g/mol. The van der Waals surface area contributed by atoms with Crippen LogP contribution in [-0.4, -0.2) is 24.2 Å². The number of rotatable bonds is 4. The SMILES string of the molecule is Cc1cnc([C@H](C)NC(=O)NC[C@H]2OCCc3sccc32)s1. The van der Waals surface area contributed by atoms with Crippen molar-refractivity contribution < 1.29 is 9.53 Å². The molecule has 2 aromatic heterocycles. The number of thiophene rings is 1. The molecule has 1 aliphatic heterocycles. The molecule has 22 heavy (non-hydrogen) atoms. The topological polar surface area (TPSA) is 63.2 Å². The van der Waals surface area contributed by atoms with Crippen molar-refractivity contribution in [2.75, 3.05) is 13.2 Å². The minimum absolute atomic E-state index is 0.0434. The fourth-order valence-corrected chi connectivity index (χ4v) is 4.15. The first-order valence-corrected chi connectivity index (χ1v) is 8.97. The van der Waals surface area contributed by atoms with Gasteiger partial charge >= 0.3 is 6.03 Å². The first-order chi connectivity index (χ1) is 10.6. The molecule has 0 fully saturated rings. The lowest BCUT2D eigenvalue weighted by molar-refractivity contribution is 0.0453. The van der Waals surface area contributed by atoms with Crippen molar-refractivity contribution in [1.82, 2.24) is 15.6 Å². The standard InChI is InChI=1S/C15H19N3O2S2/c1-9-7-16-14(22-9)10(2)18-15(19)17-8-12-11-4-6-21-13(11)3-5-20-12/h4,6-7,10,12H,3,5,8H2,1-2H3,(H2,17,18,19)/t10-,12+/m0/s1. The molecule has 3 rings (SSSR count). The van der Waals surface area contributed by atoms with E-state index in [9.17, 15) is 4.79 Å². The van der Waals surface area contributed by atoms with Crippen LogP contribution in [0.3, 0.4) is 0 Å². The predicted octanol–water partition coefficient (Wildman–Crippen LogP) is 3.19. The second-order valence-corrected chi connectivity index (χ2v) is 7.56. The third-order valence-electron chi connectivity index (χ3n) is 3.58. The lowest BCUT2D eigenvalue weighted by Gasteiger charge is -2.24. The minimum atomic E-state index is -0.189. The molecule has 3 heterocycles. The third kappa shape index (κ3) is 3.48. The first-order valence-electron chi connectivity index (χ1n) is 7.28. The van der Waals surface area contributed by atoms with Crippen LogP contribution in [0.4, 0.5) is 4.79 Å². The molecule has 7 heteroatoms. The van der Waals surface area contributed by atoms with Gasteiger partial charge in [0.15, 0.2) is 0 Å². The summed E-state index contributed by atoms with van der Waals surface area (Å²) >= 11 is 3.36. The lowest BCUT2D eigenvalue weighted by atomic mass is 10.1. The molecule has 1 aliphatic rings. The quantitative estimate of drug-likeness (QED) is 0.900. The largest absolute Gasteiger partial charge is 0.371 e. The Bertz CT molecular complexity index is 653. The van der Waals surface area contributed by atoms with Gasteiger partial charge in [0.1, 0.15) is 11.1 Å². The van der Waals surface area contributed by atoms with Gasteiger partial charge in [-0.1, -0.05) is 0 Å². The number of urea groups is 1. The number of fused-ring (bicyclic) bond motifs is 1. The summed E-state index contributed by atoms with van der Waals surface area (Å²) in [6.45, 7) is 5.15. The number of thiazole rings is 1. The maximum atomic E-state index is 12.0. The van der Waals surface area contributed by atoms with E-state index < -0.39 is 0 Å². The number of amides is 2. The Kier molecular flexibility index (Phi) is 4.75. The predicted molar refractivity (Wildman–Crippen MR) is 88.5 cm³/mol. The summed E-state index contributed by atoms with van der Waals surface area (Å²) < 4.78 is 5.76. The highest BCUT2D eigenvalue weighted by Gasteiger charge is 2.22. The van der Waals surface area contributed by atoms with Crippen LogP contribution < -0.4 is 10.6 Å². The molecule has 5 nitrogen and oxygen atoms in total. The first kappa shape index (κ1) is 15.5. The van der Waals surface area contributed by atoms with E-state index in [-0.39, 0.29) is 18.2 Å². The van der Waals surface area contributed by atoms with Gasteiger partial charge < -0.3 is 15.4 Å². The second kappa shape index (κ2) is 6.76. The molecule has 2 N–H and O–H groups in total. The number of aryl methyl sites for hydroxylation is 1. The van der Waals surface area contributed by atoms with Crippen LogP contribution in [0.15, 0.2) is 17.6 Å². The molecule has 0 bridgehead atoms. The monoisotopic (exact) mass is 337 g/mol. The zero-order valence-corrected chi connectivity index (χ0v) is 14.2. The van der Waals surface area contributed by atoms with Crippen molar-refractivity contribution in [2.45, 2.75) is 32.4 Å². The highest BCUT2D eigenvalue weighted by Crippen LogP contribution is 2.30. The van der Waals surface area contributed by atoms with E-state index in [0.717, 1.165) is 22.9 Å². The molecular formula is C15H19N3O2S2. The number of carbonyl (C=O) groups is 1. The van der Waals surface area contributed by atoms with Crippen LogP contribution in [0.25, 0.3) is 0 Å². The molecule has 2 atom stereocenters. The maximum Gasteiger partial charge on any atom is 0.315 e. The van der Waals surface area contributed by atoms with E-state index >= 15 is 0 Å². The molecule has 0 saturated heterocycles. The zero-order valence-electron chi connectivity index (χ0n) is 12.6. The van der Waals surface area contributed by atoms with E-state index in [4.69, 9.17) is 4.74 Å². The Hall–Kier alpha value is -1.44. The van der Waals surface area contributed by atoms with Gasteiger partial charge in [-0.25, -0.2) is 9.78 Å². The summed E-state index contributed by atoms with van der Waals surface area (Å²) in [5.41, 5.74) is 1.21. The van der Waals surface area contributed by atoms with Gasteiger partial charge in [0, 0.05) is 28.9 Å². The van der Waals surface area contributed by atoms with Crippen molar-refractivity contribution in [2.24, 2.45) is 0 Å². The molecular weight excluding hydrogens is 318 g/mol. The molecule has 0 saturated carbocycles. The Morgan fingerprint density at radius 1 is 1.59 bits per heavy atom. The average Bonchev–Trinajstić information content (AvgIpc) is 3.13. The van der Waals surface area contributed by atoms with Crippen LogP contribution in [0.1, 0.15) is 39.4 Å². The third-order valence-corrected chi connectivity index (χ3v) is 5.67. The van der Waals surface area contributed by atoms with Crippen molar-refractivity contribution in [3.8, 4) is 0 Å². The smallest absolute Gasteiger partial charge is 0.315 e. The number of hydrogen-bond acceptors (Lipinski definition) is 5. The molecule has 0 radical (unpaired) electrons. The van der Waals surface area contributed by atoms with Gasteiger partial charge in [-0.05, 0) is 30.9 Å². The lowest BCUT2D eigenvalue weighted by Crippen LogP contribution is -2.40. The molecule has 118 valence electrons. The Morgan fingerprint density at radius 3 is 3.23 bits per heavy atom. The van der Waals surface area contributed by atoms with Gasteiger partial charge in [-0.15, -0.1) is 22.7 Å².